The van der Waals surface area contributed by atoms with Crippen molar-refractivity contribution >= 4 is 0 Å². The third-order valence-electron chi connectivity index (χ3n) is 3.64. The average Bonchev–Trinajstić information content (AvgIpc) is 2.45. The van der Waals surface area contributed by atoms with Gasteiger partial charge in [0.05, 0.1) is 0 Å². The molecule has 0 radical (unpaired) electrons. The molecule has 0 bridgehead atoms. The van der Waals surface area contributed by atoms with E-state index >= 15 is 0 Å². The van der Waals surface area contributed by atoms with Crippen LogP contribution in [0.25, 0.3) is 0 Å². The summed E-state index contributed by atoms with van der Waals surface area (Å²) in [5, 5.41) is 0. The van der Waals surface area contributed by atoms with Crippen LogP contribution in [0, 0.1) is 6.92 Å². The number of benzene rings is 2. The van der Waals surface area contributed by atoms with Crippen LogP contribution in [0.15, 0.2) is 48.5 Å². The second-order valence-electron chi connectivity index (χ2n) is 6.53. The minimum absolute atomic E-state index is 0.110. The molecule has 0 heterocycles. The quantitative estimate of drug-likeness (QED) is 0.904. The van der Waals surface area contributed by atoms with E-state index in [4.69, 9.17) is 10.5 Å². The Balaban J connectivity index is 2.21. The van der Waals surface area contributed by atoms with Crippen molar-refractivity contribution in [1.82, 2.24) is 0 Å². The Labute approximate surface area is 127 Å². The van der Waals surface area contributed by atoms with Gasteiger partial charge in [-0.1, -0.05) is 62.7 Å². The molecule has 112 valence electrons. The molecule has 0 aliphatic heterocycles. The standard InChI is InChI=1S/C19H25NO/c1-14-8-10-15(11-9-14)18(13-20)21-17-7-5-6-16(12-17)19(2,3)4/h5-12,18H,13,20H2,1-4H3. The minimum atomic E-state index is -0.110. The Morgan fingerprint density at radius 2 is 1.71 bits per heavy atom. The number of ether oxygens (including phenoxy) is 1. The first-order chi connectivity index (χ1) is 9.90. The van der Waals surface area contributed by atoms with Gasteiger partial charge in [-0.25, -0.2) is 0 Å². The smallest absolute Gasteiger partial charge is 0.136 e. The van der Waals surface area contributed by atoms with E-state index < -0.39 is 0 Å². The van der Waals surface area contributed by atoms with Crippen molar-refractivity contribution in [2.45, 2.75) is 39.2 Å². The van der Waals surface area contributed by atoms with Crippen LogP contribution >= 0.6 is 0 Å². The Morgan fingerprint density at radius 3 is 2.29 bits per heavy atom. The Morgan fingerprint density at radius 1 is 1.05 bits per heavy atom. The molecule has 2 nitrogen and oxygen atoms in total. The van der Waals surface area contributed by atoms with E-state index in [2.05, 4.69) is 64.1 Å². The summed E-state index contributed by atoms with van der Waals surface area (Å²) in [5.41, 5.74) is 9.62. The van der Waals surface area contributed by atoms with Crippen LogP contribution < -0.4 is 10.5 Å². The molecule has 2 heteroatoms. The maximum atomic E-state index is 6.10. The molecule has 2 aromatic carbocycles. The van der Waals surface area contributed by atoms with Gasteiger partial charge in [-0.3, -0.25) is 0 Å². The summed E-state index contributed by atoms with van der Waals surface area (Å²) in [5.74, 6) is 0.874. The normalized spacial score (nSPS) is 13.0. The summed E-state index contributed by atoms with van der Waals surface area (Å²) in [7, 11) is 0. The fourth-order valence-electron chi connectivity index (χ4n) is 2.23. The van der Waals surface area contributed by atoms with Crippen LogP contribution in [-0.4, -0.2) is 6.54 Å². The van der Waals surface area contributed by atoms with E-state index in [1.807, 2.05) is 12.1 Å². The van der Waals surface area contributed by atoms with Crippen molar-refractivity contribution in [3.63, 3.8) is 0 Å². The van der Waals surface area contributed by atoms with E-state index in [1.54, 1.807) is 0 Å². The van der Waals surface area contributed by atoms with Gasteiger partial charge >= 0.3 is 0 Å². The molecule has 2 aromatic rings. The highest BCUT2D eigenvalue weighted by Crippen LogP contribution is 2.28. The topological polar surface area (TPSA) is 35.2 Å². The lowest BCUT2D eigenvalue weighted by atomic mass is 9.87. The Hall–Kier alpha value is -1.80. The first-order valence-electron chi connectivity index (χ1n) is 7.44. The number of nitrogens with two attached hydrogens (primary N) is 1. The predicted molar refractivity (Wildman–Crippen MR) is 88.7 cm³/mol. The highest BCUT2D eigenvalue weighted by molar-refractivity contribution is 5.33. The molecule has 0 aliphatic carbocycles. The molecule has 0 spiro atoms. The fraction of sp³-hybridized carbons (Fsp3) is 0.368. The van der Waals surface area contributed by atoms with Gasteiger partial charge in [0.15, 0.2) is 0 Å². The van der Waals surface area contributed by atoms with E-state index in [0.717, 1.165) is 11.3 Å². The van der Waals surface area contributed by atoms with Gasteiger partial charge in [0.25, 0.3) is 0 Å². The number of hydrogen-bond donors (Lipinski definition) is 1. The van der Waals surface area contributed by atoms with Gasteiger partial charge in [0.2, 0.25) is 0 Å². The van der Waals surface area contributed by atoms with Crippen LogP contribution in [-0.2, 0) is 5.41 Å². The van der Waals surface area contributed by atoms with Gasteiger partial charge < -0.3 is 10.5 Å². The molecular formula is C19H25NO. The maximum absolute atomic E-state index is 6.10. The van der Waals surface area contributed by atoms with Crippen molar-refractivity contribution < 1.29 is 4.74 Å². The summed E-state index contributed by atoms with van der Waals surface area (Å²) in [6.45, 7) is 9.14. The first kappa shape index (κ1) is 15.6. The molecule has 0 aliphatic rings. The van der Waals surface area contributed by atoms with Crippen molar-refractivity contribution in [3.8, 4) is 5.75 Å². The summed E-state index contributed by atoms with van der Waals surface area (Å²) < 4.78 is 6.10. The maximum Gasteiger partial charge on any atom is 0.136 e. The molecule has 0 amide bonds. The van der Waals surface area contributed by atoms with E-state index in [1.165, 1.54) is 11.1 Å². The van der Waals surface area contributed by atoms with Crippen LogP contribution in [0.3, 0.4) is 0 Å². The van der Waals surface area contributed by atoms with Crippen molar-refractivity contribution in [2.24, 2.45) is 5.73 Å². The Kier molecular flexibility index (Phi) is 4.69. The van der Waals surface area contributed by atoms with Crippen molar-refractivity contribution in [3.05, 3.63) is 65.2 Å². The lowest BCUT2D eigenvalue weighted by Gasteiger charge is -2.22. The summed E-state index contributed by atoms with van der Waals surface area (Å²) in [6.07, 6.45) is -0.110. The zero-order chi connectivity index (χ0) is 15.5. The van der Waals surface area contributed by atoms with Crippen LogP contribution in [0.2, 0.25) is 0 Å². The number of aryl methyl sites for hydroxylation is 1. The average molecular weight is 283 g/mol. The molecule has 1 atom stereocenters. The molecule has 1 unspecified atom stereocenters. The van der Waals surface area contributed by atoms with Crippen molar-refractivity contribution in [2.75, 3.05) is 6.54 Å². The third kappa shape index (κ3) is 4.08. The largest absolute Gasteiger partial charge is 0.484 e. The minimum Gasteiger partial charge on any atom is -0.484 e. The third-order valence-corrected chi connectivity index (χ3v) is 3.64. The van der Waals surface area contributed by atoms with Gasteiger partial charge in [-0.2, -0.15) is 0 Å². The van der Waals surface area contributed by atoms with E-state index in [-0.39, 0.29) is 11.5 Å². The highest BCUT2D eigenvalue weighted by atomic mass is 16.5. The summed E-state index contributed by atoms with van der Waals surface area (Å²) >= 11 is 0. The fourth-order valence-corrected chi connectivity index (χ4v) is 2.23. The Bertz CT molecular complexity index is 581. The van der Waals surface area contributed by atoms with Crippen LogP contribution in [0.4, 0.5) is 0 Å². The van der Waals surface area contributed by atoms with Gasteiger partial charge in [0.1, 0.15) is 11.9 Å². The molecule has 0 saturated heterocycles. The molecular weight excluding hydrogens is 258 g/mol. The molecule has 0 saturated carbocycles. The highest BCUT2D eigenvalue weighted by Gasteiger charge is 2.16. The molecule has 0 aromatic heterocycles. The monoisotopic (exact) mass is 283 g/mol. The van der Waals surface area contributed by atoms with Gasteiger partial charge in [-0.15, -0.1) is 0 Å². The van der Waals surface area contributed by atoms with E-state index in [0.29, 0.717) is 6.54 Å². The SMILES string of the molecule is Cc1ccc(C(CN)Oc2cccc(C(C)(C)C)c2)cc1. The zero-order valence-corrected chi connectivity index (χ0v) is 13.4. The van der Waals surface area contributed by atoms with Crippen LogP contribution in [0.5, 0.6) is 5.75 Å². The summed E-state index contributed by atoms with van der Waals surface area (Å²) in [6, 6.07) is 16.6. The van der Waals surface area contributed by atoms with Crippen LogP contribution in [0.1, 0.15) is 43.6 Å². The van der Waals surface area contributed by atoms with Gasteiger partial charge in [-0.05, 0) is 35.6 Å². The zero-order valence-electron chi connectivity index (χ0n) is 13.4. The molecule has 2 N–H and O–H groups in total. The molecule has 21 heavy (non-hydrogen) atoms. The predicted octanol–water partition coefficient (Wildman–Crippen LogP) is 4.37. The van der Waals surface area contributed by atoms with Crippen molar-refractivity contribution in [1.29, 1.82) is 0 Å². The number of hydrogen-bond acceptors (Lipinski definition) is 2. The summed E-state index contributed by atoms with van der Waals surface area (Å²) in [4.78, 5) is 0. The second-order valence-corrected chi connectivity index (χ2v) is 6.53. The lowest BCUT2D eigenvalue weighted by Crippen LogP contribution is -2.19. The first-order valence-corrected chi connectivity index (χ1v) is 7.44. The second kappa shape index (κ2) is 6.31. The van der Waals surface area contributed by atoms with E-state index in [9.17, 15) is 0 Å². The molecule has 0 fully saturated rings. The lowest BCUT2D eigenvalue weighted by molar-refractivity contribution is 0.214. The van der Waals surface area contributed by atoms with Gasteiger partial charge in [0, 0.05) is 6.54 Å². The molecule has 2 rings (SSSR count). The number of rotatable bonds is 4.